The van der Waals surface area contributed by atoms with Gasteiger partial charge in [0.1, 0.15) is 6.10 Å². The Morgan fingerprint density at radius 3 is 2.62 bits per heavy atom. The number of amides is 2. The molecule has 166 valence electrons. The highest BCUT2D eigenvalue weighted by atomic mass is 16.5. The van der Waals surface area contributed by atoms with Crippen LogP contribution in [0.3, 0.4) is 0 Å². The van der Waals surface area contributed by atoms with E-state index in [9.17, 15) is 9.59 Å². The number of hydrogen-bond acceptors (Lipinski definition) is 5. The number of aromatic nitrogens is 1. The normalized spacial score (nSPS) is 16.2. The molecule has 7 heteroatoms. The summed E-state index contributed by atoms with van der Waals surface area (Å²) in [5, 5.41) is 0.801. The van der Waals surface area contributed by atoms with Crippen LogP contribution in [0.2, 0.25) is 0 Å². The maximum atomic E-state index is 13.1. The number of benzene rings is 2. The summed E-state index contributed by atoms with van der Waals surface area (Å²) < 4.78 is 11.1. The molecule has 7 nitrogen and oxygen atoms in total. The third kappa shape index (κ3) is 4.49. The molecule has 0 radical (unpaired) electrons. The first-order chi connectivity index (χ1) is 15.5. The van der Waals surface area contributed by atoms with Crippen LogP contribution in [0.4, 0.5) is 0 Å². The van der Waals surface area contributed by atoms with Gasteiger partial charge in [-0.2, -0.15) is 0 Å². The molecule has 2 aromatic carbocycles. The van der Waals surface area contributed by atoms with Gasteiger partial charge in [-0.15, -0.1) is 0 Å². The van der Waals surface area contributed by atoms with Crippen LogP contribution in [0.25, 0.3) is 10.9 Å². The lowest BCUT2D eigenvalue weighted by atomic mass is 10.0. The predicted octanol–water partition coefficient (Wildman–Crippen LogP) is 3.30. The highest BCUT2D eigenvalue weighted by molar-refractivity contribution is 6.06. The van der Waals surface area contributed by atoms with Crippen molar-refractivity contribution in [2.24, 2.45) is 0 Å². The Kier molecular flexibility index (Phi) is 6.48. The van der Waals surface area contributed by atoms with Crippen molar-refractivity contribution in [2.45, 2.75) is 12.7 Å². The van der Waals surface area contributed by atoms with E-state index in [2.05, 4.69) is 0 Å². The van der Waals surface area contributed by atoms with E-state index in [1.807, 2.05) is 48.5 Å². The molecule has 0 bridgehead atoms. The molecule has 1 atom stereocenters. The molecule has 32 heavy (non-hydrogen) atoms. The first-order valence-electron chi connectivity index (χ1n) is 10.6. The molecule has 1 aromatic heterocycles. The molecule has 0 saturated carbocycles. The van der Waals surface area contributed by atoms with Crippen LogP contribution in [0.15, 0.2) is 54.6 Å². The Morgan fingerprint density at radius 1 is 1.16 bits per heavy atom. The molecule has 0 unspecified atom stereocenters. The van der Waals surface area contributed by atoms with E-state index in [0.717, 1.165) is 16.5 Å². The van der Waals surface area contributed by atoms with Gasteiger partial charge in [0.05, 0.1) is 36.5 Å². The van der Waals surface area contributed by atoms with Gasteiger partial charge in [0.25, 0.3) is 11.8 Å². The number of hydrogen-bond donors (Lipinski definition) is 0. The number of carbonyl (C=O) groups is 2. The molecule has 0 spiro atoms. The van der Waals surface area contributed by atoms with Crippen molar-refractivity contribution < 1.29 is 19.1 Å². The molecule has 2 heterocycles. The zero-order valence-electron chi connectivity index (χ0n) is 18.6. The fourth-order valence-corrected chi connectivity index (χ4v) is 3.88. The summed E-state index contributed by atoms with van der Waals surface area (Å²) in [6.45, 7) is 1.80. The van der Waals surface area contributed by atoms with E-state index in [4.69, 9.17) is 14.5 Å². The highest BCUT2D eigenvalue weighted by Crippen LogP contribution is 2.27. The van der Waals surface area contributed by atoms with Gasteiger partial charge in [-0.05, 0) is 29.8 Å². The Morgan fingerprint density at radius 2 is 1.91 bits per heavy atom. The molecule has 1 aliphatic heterocycles. The van der Waals surface area contributed by atoms with Gasteiger partial charge in [0.15, 0.2) is 0 Å². The van der Waals surface area contributed by atoms with Crippen molar-refractivity contribution in [2.75, 3.05) is 40.9 Å². The second kappa shape index (κ2) is 9.46. The SMILES string of the molecule is COCc1ccc(C(=O)N2CCO[C@H](c3cc(C(=O)N(C)C)c4ccccc4n3)C2)cc1. The number of methoxy groups -OCH3 is 1. The van der Waals surface area contributed by atoms with Crippen LogP contribution in [0.1, 0.15) is 38.1 Å². The molecule has 3 aromatic rings. The number of pyridine rings is 1. The van der Waals surface area contributed by atoms with Gasteiger partial charge >= 0.3 is 0 Å². The lowest BCUT2D eigenvalue weighted by Gasteiger charge is -2.33. The van der Waals surface area contributed by atoms with E-state index in [0.29, 0.717) is 43.1 Å². The number of nitrogens with zero attached hydrogens (tertiary/aromatic N) is 3. The molecular weight excluding hydrogens is 406 g/mol. The summed E-state index contributed by atoms with van der Waals surface area (Å²) in [4.78, 5) is 34.0. The number of morpholine rings is 1. The van der Waals surface area contributed by atoms with Crippen molar-refractivity contribution in [1.82, 2.24) is 14.8 Å². The number of fused-ring (bicyclic) bond motifs is 1. The van der Waals surface area contributed by atoms with Gasteiger partial charge in [0.2, 0.25) is 0 Å². The molecular formula is C25H27N3O4. The van der Waals surface area contributed by atoms with Crippen LogP contribution in [-0.4, -0.2) is 67.5 Å². The molecule has 1 saturated heterocycles. The van der Waals surface area contributed by atoms with Crippen LogP contribution < -0.4 is 0 Å². The van der Waals surface area contributed by atoms with Gasteiger partial charge in [-0.3, -0.25) is 9.59 Å². The topological polar surface area (TPSA) is 72.0 Å². The Hall–Kier alpha value is -3.29. The number of carbonyl (C=O) groups excluding carboxylic acids is 2. The first-order valence-corrected chi connectivity index (χ1v) is 10.6. The first kappa shape index (κ1) is 21.9. The van der Waals surface area contributed by atoms with Crippen molar-refractivity contribution in [1.29, 1.82) is 0 Å². The van der Waals surface area contributed by atoms with E-state index < -0.39 is 6.10 Å². The van der Waals surface area contributed by atoms with Crippen molar-refractivity contribution in [3.63, 3.8) is 0 Å². The summed E-state index contributed by atoms with van der Waals surface area (Å²) in [6.07, 6.45) is -0.404. The van der Waals surface area contributed by atoms with Gasteiger partial charge in [0, 0.05) is 38.7 Å². The summed E-state index contributed by atoms with van der Waals surface area (Å²) in [6, 6.07) is 16.8. The minimum Gasteiger partial charge on any atom is -0.380 e. The minimum absolute atomic E-state index is 0.0485. The average Bonchev–Trinajstić information content (AvgIpc) is 2.83. The molecule has 0 N–H and O–H groups in total. The summed E-state index contributed by atoms with van der Waals surface area (Å²) in [5.41, 5.74) is 3.61. The fourth-order valence-electron chi connectivity index (χ4n) is 3.88. The zero-order valence-corrected chi connectivity index (χ0v) is 18.6. The lowest BCUT2D eigenvalue weighted by Crippen LogP contribution is -2.42. The maximum absolute atomic E-state index is 13.1. The van der Waals surface area contributed by atoms with Gasteiger partial charge < -0.3 is 19.3 Å². The number of ether oxygens (including phenoxy) is 2. The monoisotopic (exact) mass is 433 g/mol. The van der Waals surface area contributed by atoms with Crippen LogP contribution in [0.5, 0.6) is 0 Å². The third-order valence-corrected chi connectivity index (χ3v) is 5.57. The van der Waals surface area contributed by atoms with E-state index in [1.54, 1.807) is 37.1 Å². The molecule has 1 fully saturated rings. The minimum atomic E-state index is -0.404. The van der Waals surface area contributed by atoms with Crippen molar-refractivity contribution in [3.05, 3.63) is 77.0 Å². The zero-order chi connectivity index (χ0) is 22.7. The summed E-state index contributed by atoms with van der Waals surface area (Å²) >= 11 is 0. The van der Waals surface area contributed by atoms with Crippen molar-refractivity contribution >= 4 is 22.7 Å². The quantitative estimate of drug-likeness (QED) is 0.617. The number of para-hydroxylation sites is 1. The Bertz CT molecular complexity index is 1130. The van der Waals surface area contributed by atoms with E-state index >= 15 is 0 Å². The largest absolute Gasteiger partial charge is 0.380 e. The summed E-state index contributed by atoms with van der Waals surface area (Å²) in [5.74, 6) is -0.141. The maximum Gasteiger partial charge on any atom is 0.254 e. The summed E-state index contributed by atoms with van der Waals surface area (Å²) in [7, 11) is 5.10. The van der Waals surface area contributed by atoms with Gasteiger partial charge in [-0.25, -0.2) is 4.98 Å². The van der Waals surface area contributed by atoms with Crippen LogP contribution >= 0.6 is 0 Å². The fraction of sp³-hybridized carbons (Fsp3) is 0.320. The van der Waals surface area contributed by atoms with Crippen LogP contribution in [0, 0.1) is 0 Å². The second-order valence-electron chi connectivity index (χ2n) is 8.05. The van der Waals surface area contributed by atoms with Crippen LogP contribution in [-0.2, 0) is 16.1 Å². The van der Waals surface area contributed by atoms with Crippen molar-refractivity contribution in [3.8, 4) is 0 Å². The standard InChI is InChI=1S/C25H27N3O4/c1-27(2)25(30)20-14-22(26-21-7-5-4-6-19(20)21)23-15-28(12-13-32-23)24(29)18-10-8-17(9-11-18)16-31-3/h4-11,14,23H,12-13,15-16H2,1-3H3/t23-/m0/s1. The second-order valence-corrected chi connectivity index (χ2v) is 8.05. The molecule has 4 rings (SSSR count). The molecule has 2 amide bonds. The molecule has 1 aliphatic rings. The molecule has 0 aliphatic carbocycles. The Labute approximate surface area is 187 Å². The van der Waals surface area contributed by atoms with Gasteiger partial charge in [-0.1, -0.05) is 30.3 Å². The predicted molar refractivity (Wildman–Crippen MR) is 122 cm³/mol. The average molecular weight is 434 g/mol. The highest BCUT2D eigenvalue weighted by Gasteiger charge is 2.28. The lowest BCUT2D eigenvalue weighted by molar-refractivity contribution is -0.0246. The third-order valence-electron chi connectivity index (χ3n) is 5.57. The number of rotatable bonds is 5. The van der Waals surface area contributed by atoms with E-state index in [-0.39, 0.29) is 11.8 Å². The smallest absolute Gasteiger partial charge is 0.254 e. The Balaban J connectivity index is 1.60. The van der Waals surface area contributed by atoms with E-state index in [1.165, 1.54) is 0 Å².